The van der Waals surface area contributed by atoms with Crippen LogP contribution in [0, 0.1) is 0 Å². The maximum absolute atomic E-state index is 11.5. The fraction of sp³-hybridized carbons (Fsp3) is 0.500. The van der Waals surface area contributed by atoms with Gasteiger partial charge in [0.1, 0.15) is 18.1 Å². The van der Waals surface area contributed by atoms with Crippen molar-refractivity contribution in [2.75, 3.05) is 20.3 Å². The van der Waals surface area contributed by atoms with Crippen molar-refractivity contribution in [1.29, 1.82) is 0 Å². The molecule has 1 fully saturated rings. The summed E-state index contributed by atoms with van der Waals surface area (Å²) in [6.45, 7) is 1.70. The van der Waals surface area contributed by atoms with Crippen molar-refractivity contribution in [3.8, 4) is 0 Å². The molecular weight excluding hydrogens is 232 g/mol. The molecule has 0 N–H and O–H groups in total. The average Bonchev–Trinajstić information content (AvgIpc) is 2.52. The molecule has 1 amide bonds. The third-order valence-corrected chi connectivity index (χ3v) is 3.51. The first-order valence-corrected chi connectivity index (χ1v) is 5.69. The zero-order chi connectivity index (χ0) is 10.0. The average molecular weight is 247 g/mol. The van der Waals surface area contributed by atoms with Gasteiger partial charge in [0, 0.05) is 18.4 Å². The molecule has 0 aliphatic carbocycles. The molecular formula is C10H15ClN2OS. The second-order valence-corrected chi connectivity index (χ2v) is 5.17. The smallest absolute Gasteiger partial charge is 0.226 e. The van der Waals surface area contributed by atoms with Gasteiger partial charge in [-0.1, -0.05) is 0 Å². The molecule has 0 spiro atoms. The molecule has 0 radical (unpaired) electrons. The summed E-state index contributed by atoms with van der Waals surface area (Å²) >= 11 is 1.73. The molecule has 1 atom stereocenters. The van der Waals surface area contributed by atoms with E-state index in [1.165, 1.54) is 0 Å². The maximum Gasteiger partial charge on any atom is 0.226 e. The van der Waals surface area contributed by atoms with Crippen LogP contribution in [0.25, 0.3) is 0 Å². The molecule has 2 aliphatic heterocycles. The van der Waals surface area contributed by atoms with Crippen LogP contribution in [0.1, 0.15) is 12.8 Å². The van der Waals surface area contributed by atoms with Gasteiger partial charge in [-0.05, 0) is 18.6 Å². The highest BCUT2D eigenvalue weighted by Gasteiger charge is 2.30. The minimum atomic E-state index is 0. The number of likely N-dealkylation sites (tertiary alicyclic amines) is 1. The highest BCUT2D eigenvalue weighted by atomic mass is 35.5. The number of halogens is 1. The summed E-state index contributed by atoms with van der Waals surface area (Å²) in [5.41, 5.74) is 0. The third kappa shape index (κ3) is 3.00. The number of carbonyl (C=O) groups is 1. The van der Waals surface area contributed by atoms with Gasteiger partial charge in [-0.3, -0.25) is 9.69 Å². The highest BCUT2D eigenvalue weighted by molar-refractivity contribution is 7.96. The van der Waals surface area contributed by atoms with E-state index in [1.807, 2.05) is 17.1 Å². The van der Waals surface area contributed by atoms with E-state index in [0.717, 1.165) is 29.9 Å². The minimum absolute atomic E-state index is 0. The van der Waals surface area contributed by atoms with Crippen molar-refractivity contribution in [2.45, 2.75) is 12.8 Å². The molecule has 2 rings (SSSR count). The lowest BCUT2D eigenvalue weighted by Crippen LogP contribution is -3.00. The minimum Gasteiger partial charge on any atom is -1.00 e. The topological polar surface area (TPSA) is 20.3 Å². The van der Waals surface area contributed by atoms with Gasteiger partial charge >= 0.3 is 0 Å². The monoisotopic (exact) mass is 246 g/mol. The Balaban J connectivity index is 0.00000112. The third-order valence-electron chi connectivity index (χ3n) is 2.52. The summed E-state index contributed by atoms with van der Waals surface area (Å²) in [7, 11) is 2.12. The number of amides is 1. The van der Waals surface area contributed by atoms with Crippen molar-refractivity contribution in [2.24, 2.45) is 0 Å². The van der Waals surface area contributed by atoms with E-state index in [0.29, 0.717) is 5.91 Å². The lowest BCUT2D eigenvalue weighted by Gasteiger charge is -2.31. The van der Waals surface area contributed by atoms with Gasteiger partial charge in [0.05, 0.1) is 7.05 Å². The lowest BCUT2D eigenvalue weighted by atomic mass is 10.4. The van der Waals surface area contributed by atoms with Crippen LogP contribution in [-0.4, -0.2) is 35.0 Å². The predicted octanol–water partition coefficient (Wildman–Crippen LogP) is -1.29. The number of carbonyl (C=O) groups excluding carboxylic acids is 1. The largest absolute Gasteiger partial charge is 1.00 e. The van der Waals surface area contributed by atoms with Gasteiger partial charge in [-0.15, -0.1) is 0 Å². The Hall–Kier alpha value is -0.450. The van der Waals surface area contributed by atoms with Crippen LogP contribution in [0.15, 0.2) is 23.8 Å². The molecule has 84 valence electrons. The van der Waals surface area contributed by atoms with Crippen LogP contribution < -0.4 is 12.4 Å². The van der Waals surface area contributed by atoms with Crippen LogP contribution >= 0.6 is 11.9 Å². The van der Waals surface area contributed by atoms with E-state index in [1.54, 1.807) is 11.9 Å². The van der Waals surface area contributed by atoms with Crippen LogP contribution in [0.4, 0.5) is 0 Å². The highest BCUT2D eigenvalue weighted by Crippen LogP contribution is 2.27. The summed E-state index contributed by atoms with van der Waals surface area (Å²) in [6, 6.07) is 0. The standard InChI is InChI=1S/C10H15N2OS.ClH/c1-12(7-2-3-8-14-12)9-11-6-4-5-10(11)13;/h2-3,7-8H,4-6,9H2,1H3;1H/q+1;/p-1. The Morgan fingerprint density at radius 1 is 1.53 bits per heavy atom. The fourth-order valence-electron chi connectivity index (χ4n) is 1.76. The Morgan fingerprint density at radius 2 is 2.33 bits per heavy atom. The van der Waals surface area contributed by atoms with Crippen LogP contribution in [0.5, 0.6) is 0 Å². The first-order chi connectivity index (χ1) is 6.70. The molecule has 3 nitrogen and oxygen atoms in total. The zero-order valence-electron chi connectivity index (χ0n) is 8.73. The molecule has 2 heterocycles. The molecule has 1 saturated heterocycles. The Morgan fingerprint density at radius 3 is 2.87 bits per heavy atom. The Labute approximate surface area is 101 Å². The van der Waals surface area contributed by atoms with Gasteiger partial charge in [-0.2, -0.15) is 0 Å². The van der Waals surface area contributed by atoms with Gasteiger partial charge < -0.3 is 12.4 Å². The molecule has 2 aliphatic rings. The lowest BCUT2D eigenvalue weighted by molar-refractivity contribution is -0.727. The molecule has 5 heteroatoms. The van der Waals surface area contributed by atoms with Gasteiger partial charge in [0.2, 0.25) is 5.91 Å². The normalized spacial score (nSPS) is 29.4. The number of allylic oxidation sites excluding steroid dienone is 2. The van der Waals surface area contributed by atoms with Gasteiger partial charge in [0.25, 0.3) is 0 Å². The van der Waals surface area contributed by atoms with Crippen molar-refractivity contribution in [3.05, 3.63) is 23.8 Å². The zero-order valence-corrected chi connectivity index (χ0v) is 10.3. The molecule has 0 aromatic rings. The van der Waals surface area contributed by atoms with E-state index in [4.69, 9.17) is 0 Å². The maximum atomic E-state index is 11.5. The van der Waals surface area contributed by atoms with E-state index >= 15 is 0 Å². The van der Waals surface area contributed by atoms with E-state index < -0.39 is 0 Å². The van der Waals surface area contributed by atoms with Crippen LogP contribution in [0.3, 0.4) is 0 Å². The summed E-state index contributed by atoms with van der Waals surface area (Å²) in [5, 5.41) is 2.07. The van der Waals surface area contributed by atoms with Gasteiger partial charge in [-0.25, -0.2) is 3.89 Å². The van der Waals surface area contributed by atoms with Crippen LogP contribution in [-0.2, 0) is 4.79 Å². The molecule has 0 saturated carbocycles. The first-order valence-electron chi connectivity index (χ1n) is 4.85. The molecule has 0 bridgehead atoms. The van der Waals surface area contributed by atoms with Crippen molar-refractivity contribution in [1.82, 2.24) is 4.90 Å². The van der Waals surface area contributed by atoms with Crippen molar-refractivity contribution < 1.29 is 21.1 Å². The SMILES string of the molecule is C[N+]1(CN2CCCC2=O)C=CC=CS1.[Cl-]. The number of hydrogen-bond acceptors (Lipinski definition) is 2. The number of nitrogens with zero attached hydrogens (tertiary/aromatic N) is 2. The van der Waals surface area contributed by atoms with Gasteiger partial charge in [0.15, 0.2) is 6.67 Å². The number of rotatable bonds is 2. The van der Waals surface area contributed by atoms with Crippen LogP contribution in [0.2, 0.25) is 0 Å². The van der Waals surface area contributed by atoms with E-state index in [-0.39, 0.29) is 12.4 Å². The van der Waals surface area contributed by atoms with E-state index in [2.05, 4.69) is 18.7 Å². The fourth-order valence-corrected chi connectivity index (χ4v) is 2.55. The predicted molar refractivity (Wildman–Crippen MR) is 57.9 cm³/mol. The van der Waals surface area contributed by atoms with Crippen molar-refractivity contribution in [3.63, 3.8) is 0 Å². The summed E-state index contributed by atoms with van der Waals surface area (Å²) in [4.78, 5) is 13.4. The van der Waals surface area contributed by atoms with Crippen molar-refractivity contribution >= 4 is 17.9 Å². The summed E-state index contributed by atoms with van der Waals surface area (Å²) in [6.07, 6.45) is 7.93. The molecule has 15 heavy (non-hydrogen) atoms. The summed E-state index contributed by atoms with van der Waals surface area (Å²) < 4.78 is 0.738. The number of quaternary nitrogens is 1. The second-order valence-electron chi connectivity index (χ2n) is 3.85. The molecule has 0 aromatic heterocycles. The Bertz CT molecular complexity index is 306. The summed E-state index contributed by atoms with van der Waals surface area (Å²) in [5.74, 6) is 0.299. The number of hydrogen-bond donors (Lipinski definition) is 0. The quantitative estimate of drug-likeness (QED) is 0.446. The molecule has 0 aromatic carbocycles. The first kappa shape index (κ1) is 12.6. The molecule has 1 unspecified atom stereocenters. The van der Waals surface area contributed by atoms with E-state index in [9.17, 15) is 4.79 Å². The second kappa shape index (κ2) is 5.05. The Kier molecular flexibility index (Phi) is 4.25.